The summed E-state index contributed by atoms with van der Waals surface area (Å²) in [5.74, 6) is -0.407. The molecule has 2 heterocycles. The predicted octanol–water partition coefficient (Wildman–Crippen LogP) is 5.65. The molecule has 4 rings (SSSR count). The highest BCUT2D eigenvalue weighted by atomic mass is 32.1. The van der Waals surface area contributed by atoms with Gasteiger partial charge in [-0.05, 0) is 47.7 Å². The van der Waals surface area contributed by atoms with Gasteiger partial charge in [-0.25, -0.2) is 4.98 Å². The maximum absolute atomic E-state index is 13.0. The molecule has 4 aromatic rings. The molecule has 0 aliphatic heterocycles. The Morgan fingerprint density at radius 2 is 2.06 bits per heavy atom. The lowest BCUT2D eigenvalue weighted by Crippen LogP contribution is -2.23. The van der Waals surface area contributed by atoms with E-state index >= 15 is 0 Å². The van der Waals surface area contributed by atoms with Crippen molar-refractivity contribution in [3.63, 3.8) is 0 Å². The fraction of sp³-hybridized carbons (Fsp3) is 0.0455. The van der Waals surface area contributed by atoms with Gasteiger partial charge in [0.05, 0.1) is 21.4 Å². The minimum absolute atomic E-state index is 0.0382. The molecule has 0 saturated carbocycles. The van der Waals surface area contributed by atoms with Crippen molar-refractivity contribution in [3.05, 3.63) is 92.2 Å². The highest BCUT2D eigenvalue weighted by Gasteiger charge is 2.17. The smallest absolute Gasteiger partial charge is 0.267 e. The molecule has 0 bridgehead atoms. The van der Waals surface area contributed by atoms with Crippen molar-refractivity contribution in [1.29, 1.82) is 0 Å². The Bertz CT molecular complexity index is 1310. The van der Waals surface area contributed by atoms with Crippen LogP contribution in [0.5, 0.6) is 0 Å². The molecular weight excluding hydrogens is 432 g/mol. The van der Waals surface area contributed by atoms with Gasteiger partial charge < -0.3 is 0 Å². The molecular formula is C22H16N4O3S2. The summed E-state index contributed by atoms with van der Waals surface area (Å²) in [5.41, 5.74) is 2.40. The molecule has 2 aromatic carbocycles. The number of thiophene rings is 1. The second-order valence-electron chi connectivity index (χ2n) is 6.56. The number of hydrazone groups is 1. The van der Waals surface area contributed by atoms with Gasteiger partial charge in [-0.15, -0.1) is 11.3 Å². The number of rotatable bonds is 6. The quantitative estimate of drug-likeness (QED) is 0.165. The number of hydrogen-bond donors (Lipinski definition) is 0. The van der Waals surface area contributed by atoms with E-state index in [1.165, 1.54) is 52.0 Å². The Hall–Kier alpha value is -3.69. The molecule has 0 unspecified atom stereocenters. The number of aromatic nitrogens is 1. The first kappa shape index (κ1) is 20.6. The number of benzene rings is 2. The number of amides is 1. The van der Waals surface area contributed by atoms with Crippen LogP contribution < -0.4 is 5.01 Å². The summed E-state index contributed by atoms with van der Waals surface area (Å²) in [5, 5.41) is 19.0. The van der Waals surface area contributed by atoms with E-state index in [0.717, 1.165) is 20.7 Å². The summed E-state index contributed by atoms with van der Waals surface area (Å²) in [6, 6.07) is 15.8. The molecule has 31 heavy (non-hydrogen) atoms. The van der Waals surface area contributed by atoms with E-state index in [1.54, 1.807) is 18.3 Å². The van der Waals surface area contributed by atoms with Gasteiger partial charge in [0.15, 0.2) is 0 Å². The summed E-state index contributed by atoms with van der Waals surface area (Å²) in [7, 11) is 0. The SMILES string of the molecule is Cc1ccc2nc(N(/N=C/c3cccs3)C(=O)/C=C/c3cccc([N+](=O)[O-])c3)sc2c1. The van der Waals surface area contributed by atoms with Crippen molar-refractivity contribution in [1.82, 2.24) is 4.98 Å². The molecule has 7 nitrogen and oxygen atoms in total. The topological polar surface area (TPSA) is 88.7 Å². The number of carbonyl (C=O) groups is 1. The van der Waals surface area contributed by atoms with Crippen LogP contribution >= 0.6 is 22.7 Å². The Balaban J connectivity index is 1.66. The molecule has 0 spiro atoms. The van der Waals surface area contributed by atoms with Crippen LogP contribution in [0.3, 0.4) is 0 Å². The van der Waals surface area contributed by atoms with Gasteiger partial charge >= 0.3 is 0 Å². The summed E-state index contributed by atoms with van der Waals surface area (Å²) < 4.78 is 0.960. The van der Waals surface area contributed by atoms with Gasteiger partial charge in [0, 0.05) is 23.1 Å². The van der Waals surface area contributed by atoms with E-state index in [-0.39, 0.29) is 5.69 Å². The molecule has 0 atom stereocenters. The van der Waals surface area contributed by atoms with E-state index in [0.29, 0.717) is 10.7 Å². The average Bonchev–Trinajstić information content (AvgIpc) is 3.42. The summed E-state index contributed by atoms with van der Waals surface area (Å²) >= 11 is 2.88. The highest BCUT2D eigenvalue weighted by Crippen LogP contribution is 2.30. The maximum atomic E-state index is 13.0. The number of nitro groups is 1. The molecule has 154 valence electrons. The minimum Gasteiger partial charge on any atom is -0.267 e. The standard InChI is InChI=1S/C22H16N4O3S2/c1-15-7-9-19-20(12-15)31-22(24-19)25(23-14-18-6-3-11-30-18)21(27)10-8-16-4-2-5-17(13-16)26(28)29/h2-14H,1H3/b10-8+,23-14+. The van der Waals surface area contributed by atoms with Gasteiger partial charge in [0.2, 0.25) is 5.13 Å². The van der Waals surface area contributed by atoms with Gasteiger partial charge in [0.1, 0.15) is 0 Å². The molecule has 0 fully saturated rings. The number of nitro benzene ring substituents is 1. The monoisotopic (exact) mass is 448 g/mol. The van der Waals surface area contributed by atoms with Crippen molar-refractivity contribution in [2.24, 2.45) is 5.10 Å². The lowest BCUT2D eigenvalue weighted by Gasteiger charge is -2.10. The van der Waals surface area contributed by atoms with Crippen molar-refractivity contribution < 1.29 is 9.72 Å². The van der Waals surface area contributed by atoms with E-state index in [1.807, 2.05) is 42.6 Å². The van der Waals surface area contributed by atoms with E-state index in [4.69, 9.17) is 0 Å². The zero-order chi connectivity index (χ0) is 21.8. The van der Waals surface area contributed by atoms with Gasteiger partial charge in [-0.2, -0.15) is 10.1 Å². The van der Waals surface area contributed by atoms with Crippen LogP contribution in [-0.4, -0.2) is 22.0 Å². The Morgan fingerprint density at radius 1 is 1.19 bits per heavy atom. The molecule has 0 radical (unpaired) electrons. The fourth-order valence-electron chi connectivity index (χ4n) is 2.77. The van der Waals surface area contributed by atoms with Crippen LogP contribution in [0.25, 0.3) is 16.3 Å². The zero-order valence-corrected chi connectivity index (χ0v) is 18.0. The average molecular weight is 449 g/mol. The Morgan fingerprint density at radius 3 is 2.84 bits per heavy atom. The van der Waals surface area contributed by atoms with Crippen LogP contribution in [0.2, 0.25) is 0 Å². The second kappa shape index (κ2) is 8.99. The first-order valence-electron chi connectivity index (χ1n) is 9.21. The molecule has 9 heteroatoms. The maximum Gasteiger partial charge on any atom is 0.273 e. The first-order chi connectivity index (χ1) is 15.0. The largest absolute Gasteiger partial charge is 0.273 e. The van der Waals surface area contributed by atoms with Gasteiger partial charge in [0.25, 0.3) is 11.6 Å². The number of anilines is 1. The normalized spacial score (nSPS) is 11.5. The summed E-state index contributed by atoms with van der Waals surface area (Å²) in [6.45, 7) is 2.00. The minimum atomic E-state index is -0.472. The predicted molar refractivity (Wildman–Crippen MR) is 126 cm³/mol. The number of aryl methyl sites for hydroxylation is 1. The first-order valence-corrected chi connectivity index (χ1v) is 10.9. The Kier molecular flexibility index (Phi) is 5.96. The number of non-ortho nitro benzene ring substituents is 1. The highest BCUT2D eigenvalue weighted by molar-refractivity contribution is 7.22. The van der Waals surface area contributed by atoms with Crippen LogP contribution in [0, 0.1) is 17.0 Å². The molecule has 0 aliphatic rings. The number of nitrogens with zero attached hydrogens (tertiary/aromatic N) is 4. The number of thiazole rings is 1. The molecule has 0 aliphatic carbocycles. The number of fused-ring (bicyclic) bond motifs is 1. The molecule has 0 N–H and O–H groups in total. The van der Waals surface area contributed by atoms with Crippen LogP contribution in [0.4, 0.5) is 10.8 Å². The van der Waals surface area contributed by atoms with E-state index in [2.05, 4.69) is 10.1 Å². The van der Waals surface area contributed by atoms with Gasteiger partial charge in [-0.1, -0.05) is 35.6 Å². The molecule has 0 saturated heterocycles. The second-order valence-corrected chi connectivity index (χ2v) is 8.55. The summed E-state index contributed by atoms with van der Waals surface area (Å²) in [4.78, 5) is 29.0. The number of carbonyl (C=O) groups excluding carboxylic acids is 1. The third-order valence-corrected chi connectivity index (χ3v) is 6.07. The fourth-order valence-corrected chi connectivity index (χ4v) is 4.38. The van der Waals surface area contributed by atoms with Crippen molar-refractivity contribution >= 4 is 61.9 Å². The van der Waals surface area contributed by atoms with Crippen molar-refractivity contribution in [2.75, 3.05) is 5.01 Å². The number of hydrogen-bond acceptors (Lipinski definition) is 7. The van der Waals surface area contributed by atoms with Crippen molar-refractivity contribution in [2.45, 2.75) is 6.92 Å². The third kappa shape index (κ3) is 4.90. The zero-order valence-electron chi connectivity index (χ0n) is 16.3. The van der Waals surface area contributed by atoms with Gasteiger partial charge in [-0.3, -0.25) is 14.9 Å². The summed E-state index contributed by atoms with van der Waals surface area (Å²) in [6.07, 6.45) is 4.48. The van der Waals surface area contributed by atoms with Crippen molar-refractivity contribution in [3.8, 4) is 0 Å². The van der Waals surface area contributed by atoms with E-state index in [9.17, 15) is 14.9 Å². The Labute approximate surface area is 185 Å². The van der Waals surface area contributed by atoms with Crippen LogP contribution in [0.1, 0.15) is 16.0 Å². The molecule has 2 aromatic heterocycles. The third-order valence-electron chi connectivity index (χ3n) is 4.27. The molecule has 1 amide bonds. The van der Waals surface area contributed by atoms with E-state index < -0.39 is 10.8 Å². The lowest BCUT2D eigenvalue weighted by atomic mass is 10.2. The van der Waals surface area contributed by atoms with Crippen LogP contribution in [0.15, 0.2) is 71.2 Å². The lowest BCUT2D eigenvalue weighted by molar-refractivity contribution is -0.384. The van der Waals surface area contributed by atoms with Crippen LogP contribution in [-0.2, 0) is 4.79 Å².